The van der Waals surface area contributed by atoms with Crippen molar-refractivity contribution in [2.24, 2.45) is 0 Å². The van der Waals surface area contributed by atoms with Crippen molar-refractivity contribution < 1.29 is 23.8 Å². The lowest BCUT2D eigenvalue weighted by Gasteiger charge is -2.19. The van der Waals surface area contributed by atoms with E-state index in [1.165, 1.54) is 7.11 Å². The van der Waals surface area contributed by atoms with Crippen molar-refractivity contribution in [2.45, 2.75) is 13.0 Å². The molecule has 1 aliphatic heterocycles. The Labute approximate surface area is 122 Å². The van der Waals surface area contributed by atoms with Crippen molar-refractivity contribution in [3.05, 3.63) is 18.2 Å². The van der Waals surface area contributed by atoms with Crippen molar-refractivity contribution in [1.82, 2.24) is 5.32 Å². The zero-order chi connectivity index (χ0) is 15.2. The number of hydrogen-bond acceptors (Lipinski definition) is 5. The summed E-state index contributed by atoms with van der Waals surface area (Å²) >= 11 is 0. The highest BCUT2D eigenvalue weighted by molar-refractivity contribution is 6.39. The van der Waals surface area contributed by atoms with Crippen LogP contribution in [0, 0.1) is 0 Å². The number of benzene rings is 1. The summed E-state index contributed by atoms with van der Waals surface area (Å²) in [6.07, 6.45) is 0. The topological polar surface area (TPSA) is 85.9 Å². The van der Waals surface area contributed by atoms with Gasteiger partial charge in [-0.2, -0.15) is 0 Å². The molecule has 1 aromatic rings. The van der Waals surface area contributed by atoms with Gasteiger partial charge < -0.3 is 24.8 Å². The number of hydrogen-bond donors (Lipinski definition) is 2. The first-order chi connectivity index (χ1) is 10.1. The Hall–Kier alpha value is -2.28. The monoisotopic (exact) mass is 294 g/mol. The fraction of sp³-hybridized carbons (Fsp3) is 0.429. The van der Waals surface area contributed by atoms with Crippen molar-refractivity contribution >= 4 is 17.5 Å². The number of nitrogens with one attached hydrogen (secondary N) is 2. The first-order valence-corrected chi connectivity index (χ1v) is 6.60. The van der Waals surface area contributed by atoms with Gasteiger partial charge in [0.1, 0.15) is 13.2 Å². The van der Waals surface area contributed by atoms with Crippen LogP contribution in [-0.4, -0.2) is 44.8 Å². The second-order valence-electron chi connectivity index (χ2n) is 4.64. The van der Waals surface area contributed by atoms with E-state index in [1.807, 2.05) is 0 Å². The molecular formula is C14H18N2O5. The zero-order valence-corrected chi connectivity index (χ0v) is 12.0. The second kappa shape index (κ2) is 6.94. The van der Waals surface area contributed by atoms with Crippen molar-refractivity contribution in [3.8, 4) is 11.5 Å². The molecule has 1 atom stereocenters. The van der Waals surface area contributed by atoms with E-state index in [4.69, 9.17) is 14.2 Å². The molecule has 0 bridgehead atoms. The number of carbonyl (C=O) groups excluding carboxylic acids is 2. The molecule has 1 unspecified atom stereocenters. The minimum absolute atomic E-state index is 0.242. The Balaban J connectivity index is 1.94. The minimum Gasteiger partial charge on any atom is -0.486 e. The summed E-state index contributed by atoms with van der Waals surface area (Å²) < 4.78 is 15.7. The van der Waals surface area contributed by atoms with Crippen molar-refractivity contribution in [1.29, 1.82) is 0 Å². The third kappa shape index (κ3) is 4.09. The van der Waals surface area contributed by atoms with Gasteiger partial charge in [-0.25, -0.2) is 0 Å². The molecule has 0 aromatic heterocycles. The van der Waals surface area contributed by atoms with Gasteiger partial charge in [0.05, 0.1) is 6.61 Å². The van der Waals surface area contributed by atoms with E-state index in [-0.39, 0.29) is 6.04 Å². The van der Waals surface area contributed by atoms with Crippen LogP contribution in [-0.2, 0) is 14.3 Å². The van der Waals surface area contributed by atoms with Gasteiger partial charge in [-0.05, 0) is 19.1 Å². The third-order valence-corrected chi connectivity index (χ3v) is 2.80. The summed E-state index contributed by atoms with van der Waals surface area (Å²) in [6, 6.07) is 4.72. The third-order valence-electron chi connectivity index (χ3n) is 2.80. The summed E-state index contributed by atoms with van der Waals surface area (Å²) in [5.74, 6) is -0.284. The average molecular weight is 294 g/mol. The summed E-state index contributed by atoms with van der Waals surface area (Å²) in [5, 5.41) is 5.04. The van der Waals surface area contributed by atoms with Gasteiger partial charge in [0.25, 0.3) is 0 Å². The van der Waals surface area contributed by atoms with Crippen LogP contribution in [0.25, 0.3) is 0 Å². The van der Waals surface area contributed by atoms with Crippen LogP contribution in [0.5, 0.6) is 11.5 Å². The van der Waals surface area contributed by atoms with Gasteiger partial charge in [0.15, 0.2) is 11.5 Å². The van der Waals surface area contributed by atoms with Crippen molar-refractivity contribution in [2.75, 3.05) is 32.2 Å². The van der Waals surface area contributed by atoms with Gasteiger partial charge >= 0.3 is 11.8 Å². The number of amides is 2. The van der Waals surface area contributed by atoms with E-state index in [2.05, 4.69) is 10.6 Å². The van der Waals surface area contributed by atoms with Crippen LogP contribution in [0.4, 0.5) is 5.69 Å². The normalized spacial score (nSPS) is 14.2. The fourth-order valence-corrected chi connectivity index (χ4v) is 1.89. The molecule has 0 fully saturated rings. The molecule has 2 N–H and O–H groups in total. The van der Waals surface area contributed by atoms with Crippen LogP contribution in [0.2, 0.25) is 0 Å². The van der Waals surface area contributed by atoms with Gasteiger partial charge in [0.2, 0.25) is 0 Å². The molecule has 2 amide bonds. The highest BCUT2D eigenvalue weighted by atomic mass is 16.6. The van der Waals surface area contributed by atoms with Gasteiger partial charge in [-0.15, -0.1) is 0 Å². The average Bonchev–Trinajstić information content (AvgIpc) is 2.47. The number of ether oxygens (including phenoxy) is 3. The Morgan fingerprint density at radius 2 is 1.95 bits per heavy atom. The molecule has 0 spiro atoms. The molecule has 7 heteroatoms. The van der Waals surface area contributed by atoms with E-state index < -0.39 is 11.8 Å². The number of carbonyl (C=O) groups is 2. The lowest BCUT2D eigenvalue weighted by Crippen LogP contribution is -2.42. The first kappa shape index (κ1) is 15.1. The summed E-state index contributed by atoms with van der Waals surface area (Å²) in [7, 11) is 1.53. The molecule has 2 rings (SSSR count). The van der Waals surface area contributed by atoms with E-state index in [1.54, 1.807) is 25.1 Å². The molecule has 1 heterocycles. The number of anilines is 1. The predicted molar refractivity (Wildman–Crippen MR) is 75.5 cm³/mol. The highest BCUT2D eigenvalue weighted by Crippen LogP contribution is 2.32. The molecule has 21 heavy (non-hydrogen) atoms. The van der Waals surface area contributed by atoms with Gasteiger partial charge in [-0.3, -0.25) is 9.59 Å². The first-order valence-electron chi connectivity index (χ1n) is 6.60. The molecule has 1 aliphatic rings. The molecular weight excluding hydrogens is 276 g/mol. The summed E-state index contributed by atoms with van der Waals surface area (Å²) in [5.41, 5.74) is 0.471. The predicted octanol–water partition coefficient (Wildman–Crippen LogP) is 0.547. The number of methoxy groups -OCH3 is 1. The molecule has 7 nitrogen and oxygen atoms in total. The van der Waals surface area contributed by atoms with Crippen LogP contribution >= 0.6 is 0 Å². The van der Waals surface area contributed by atoms with Gasteiger partial charge in [-0.1, -0.05) is 0 Å². The second-order valence-corrected chi connectivity index (χ2v) is 4.64. The fourth-order valence-electron chi connectivity index (χ4n) is 1.89. The Kier molecular flexibility index (Phi) is 4.99. The number of fused-ring (bicyclic) bond motifs is 1. The molecule has 0 saturated heterocycles. The molecule has 0 saturated carbocycles. The summed E-state index contributed by atoms with van der Waals surface area (Å²) in [6.45, 7) is 3.04. The zero-order valence-electron chi connectivity index (χ0n) is 12.0. The van der Waals surface area contributed by atoms with Crippen LogP contribution in [0.1, 0.15) is 6.92 Å². The summed E-state index contributed by atoms with van der Waals surface area (Å²) in [4.78, 5) is 23.5. The van der Waals surface area contributed by atoms with Crippen LogP contribution in [0.3, 0.4) is 0 Å². The molecule has 1 aromatic carbocycles. The number of rotatable bonds is 4. The van der Waals surface area contributed by atoms with Gasteiger partial charge in [0, 0.05) is 24.9 Å². The maximum absolute atomic E-state index is 11.8. The molecule has 114 valence electrons. The maximum atomic E-state index is 11.8. The molecule has 0 radical (unpaired) electrons. The van der Waals surface area contributed by atoms with E-state index in [0.29, 0.717) is 37.0 Å². The standard InChI is InChI=1S/C14H18N2O5/c1-9(8-19-2)15-13(17)14(18)16-10-3-4-11-12(7-10)21-6-5-20-11/h3-4,7,9H,5-6,8H2,1-2H3,(H,15,17)(H,16,18). The smallest absolute Gasteiger partial charge is 0.313 e. The van der Waals surface area contributed by atoms with Crippen molar-refractivity contribution in [3.63, 3.8) is 0 Å². The Bertz CT molecular complexity index is 532. The van der Waals surface area contributed by atoms with E-state index in [9.17, 15) is 9.59 Å². The van der Waals surface area contributed by atoms with E-state index >= 15 is 0 Å². The lowest BCUT2D eigenvalue weighted by molar-refractivity contribution is -0.136. The highest BCUT2D eigenvalue weighted by Gasteiger charge is 2.18. The quantitative estimate of drug-likeness (QED) is 0.792. The SMILES string of the molecule is COCC(C)NC(=O)C(=O)Nc1ccc2c(c1)OCCO2. The van der Waals surface area contributed by atoms with Crippen LogP contribution < -0.4 is 20.1 Å². The lowest BCUT2D eigenvalue weighted by atomic mass is 10.2. The largest absolute Gasteiger partial charge is 0.486 e. The van der Waals surface area contributed by atoms with Crippen LogP contribution in [0.15, 0.2) is 18.2 Å². The minimum atomic E-state index is -0.741. The molecule has 0 aliphatic carbocycles. The Morgan fingerprint density at radius 1 is 1.24 bits per heavy atom. The maximum Gasteiger partial charge on any atom is 0.313 e. The Morgan fingerprint density at radius 3 is 2.67 bits per heavy atom. The van der Waals surface area contributed by atoms with E-state index in [0.717, 1.165) is 0 Å².